The number of rotatable bonds is 1. The third-order valence-corrected chi connectivity index (χ3v) is 15.1. The van der Waals surface area contributed by atoms with Crippen LogP contribution in [-0.4, -0.2) is 69.9 Å². The van der Waals surface area contributed by atoms with E-state index in [9.17, 15) is 4.79 Å². The lowest BCUT2D eigenvalue weighted by molar-refractivity contribution is -0.280. The predicted octanol–water partition coefficient (Wildman–Crippen LogP) is 6.24. The summed E-state index contributed by atoms with van der Waals surface area (Å²) in [6, 6.07) is 15.3. The number of fused-ring (bicyclic) bond motifs is 19. The van der Waals surface area contributed by atoms with Gasteiger partial charge >= 0.3 is 0 Å². The molecule has 7 aliphatic rings. The van der Waals surface area contributed by atoms with E-state index in [4.69, 9.17) is 14.2 Å². The molecule has 2 aromatic carbocycles. The minimum absolute atomic E-state index is 0.148. The first-order valence-corrected chi connectivity index (χ1v) is 18.9. The van der Waals surface area contributed by atoms with Crippen molar-refractivity contribution in [2.45, 2.75) is 75.9 Å². The zero-order chi connectivity index (χ0) is 34.0. The molecule has 0 spiro atoms. The number of aromatic nitrogens is 2. The van der Waals surface area contributed by atoms with Gasteiger partial charge in [0.25, 0.3) is 0 Å². The Morgan fingerprint density at radius 1 is 0.800 bits per heavy atom. The van der Waals surface area contributed by atoms with Gasteiger partial charge in [-0.05, 0) is 93.8 Å². The van der Waals surface area contributed by atoms with E-state index in [0.717, 1.165) is 50.0 Å². The Hall–Kier alpha value is -3.59. The van der Waals surface area contributed by atoms with Crippen LogP contribution in [0.15, 0.2) is 48.2 Å². The molecule has 0 radical (unpaired) electrons. The molecule has 3 fully saturated rings. The molecule has 10 unspecified atom stereocenters. The Balaban J connectivity index is 0.975. The van der Waals surface area contributed by atoms with Gasteiger partial charge in [-0.15, -0.1) is 0 Å². The number of nitrogens with zero attached hydrogens (tertiary/aromatic N) is 4. The number of carbonyl (C=O) groups excluding carboxylic acids is 1. The number of ether oxygens (including phenoxy) is 3. The third kappa shape index (κ3) is 3.70. The summed E-state index contributed by atoms with van der Waals surface area (Å²) in [6.07, 6.45) is 6.88. The predicted molar refractivity (Wildman–Crippen MR) is 192 cm³/mol. The number of ketones is 1. The highest BCUT2D eigenvalue weighted by Crippen LogP contribution is 2.58. The molecule has 8 heteroatoms. The van der Waals surface area contributed by atoms with Gasteiger partial charge in [-0.25, -0.2) is 0 Å². The molecular weight excluding hydrogens is 624 g/mol. The molecule has 0 aliphatic carbocycles. The van der Waals surface area contributed by atoms with E-state index in [1.54, 1.807) is 18.7 Å². The minimum Gasteiger partial charge on any atom is -0.500 e. The Morgan fingerprint density at radius 2 is 1.50 bits per heavy atom. The van der Waals surface area contributed by atoms with Crippen LogP contribution in [0.2, 0.25) is 0 Å². The molecule has 9 heterocycles. The maximum atomic E-state index is 12.7. The number of aryl methyl sites for hydroxylation is 2. The average Bonchev–Trinajstić information content (AvgIpc) is 3.52. The van der Waals surface area contributed by atoms with E-state index in [-0.39, 0.29) is 17.7 Å². The zero-order valence-corrected chi connectivity index (χ0v) is 30.1. The largest absolute Gasteiger partial charge is 0.500 e. The van der Waals surface area contributed by atoms with Gasteiger partial charge in [0.1, 0.15) is 5.75 Å². The standard InChI is InChI=1S/C42H48N4O4/c1-21(47)29-18-48-19-30-24(29)13-37-41-28(16-34(30)43(37)3)26-11-22-12-32-25-14-38-40-27(23-9-7-8-10-33(23)45(40)5)15-35(44(38)4)31(25)20-49-42(32,2)50-39(22)17-36(26)46(41)6/h7-11,17-18,24-25,30-32,34-35,37-38H,12-16,19-20H2,1-6H3. The van der Waals surface area contributed by atoms with Gasteiger partial charge in [0.05, 0.1) is 37.1 Å². The number of likely N-dealkylation sites (N-methyl/N-ethyl adjacent to an activating group) is 2. The number of piperidine rings is 2. The maximum Gasteiger partial charge on any atom is 0.211 e. The van der Waals surface area contributed by atoms with Crippen molar-refractivity contribution in [3.05, 3.63) is 76.3 Å². The topological polar surface area (TPSA) is 61.1 Å². The normalized spacial score (nSPS) is 37.0. The van der Waals surface area contributed by atoms with Gasteiger partial charge in [0, 0.05) is 90.2 Å². The highest BCUT2D eigenvalue weighted by Gasteiger charge is 2.58. The molecule has 4 bridgehead atoms. The quantitative estimate of drug-likeness (QED) is 0.239. The van der Waals surface area contributed by atoms with E-state index in [1.807, 2.05) is 0 Å². The molecule has 10 atom stereocenters. The number of hydrogen-bond donors (Lipinski definition) is 0. The molecule has 0 amide bonds. The first-order valence-electron chi connectivity index (χ1n) is 18.9. The summed E-state index contributed by atoms with van der Waals surface area (Å²) in [5.74, 6) is 2.37. The lowest BCUT2D eigenvalue weighted by Gasteiger charge is -2.59. The molecule has 50 heavy (non-hydrogen) atoms. The Labute approximate surface area is 293 Å². The van der Waals surface area contributed by atoms with Crippen LogP contribution in [0.1, 0.15) is 66.9 Å². The van der Waals surface area contributed by atoms with Crippen LogP contribution < -0.4 is 4.74 Å². The van der Waals surface area contributed by atoms with E-state index in [2.05, 4.69) is 90.4 Å². The van der Waals surface area contributed by atoms with Crippen LogP contribution in [0, 0.1) is 29.6 Å². The highest BCUT2D eigenvalue weighted by atomic mass is 16.7. The van der Waals surface area contributed by atoms with Gasteiger partial charge in [0.2, 0.25) is 5.79 Å². The summed E-state index contributed by atoms with van der Waals surface area (Å²) in [6.45, 7) is 5.34. The summed E-state index contributed by atoms with van der Waals surface area (Å²) >= 11 is 0. The second kappa shape index (κ2) is 10.0. The zero-order valence-electron chi connectivity index (χ0n) is 30.1. The van der Waals surface area contributed by atoms with Gasteiger partial charge < -0.3 is 23.3 Å². The van der Waals surface area contributed by atoms with Crippen molar-refractivity contribution in [1.29, 1.82) is 0 Å². The Bertz CT molecular complexity index is 2180. The SMILES string of the molecule is CC(=O)C1=COCC2C1CC1c3c(c4cc5c(cc4n3C)OC3(C)OCC4C(CC6c7c(c8ccccc8n7C)CC4N6C)C3C5)CC2N1C. The molecule has 0 saturated carbocycles. The number of carbonyl (C=O) groups is 1. The molecule has 2 aromatic heterocycles. The summed E-state index contributed by atoms with van der Waals surface area (Å²) < 4.78 is 24.8. The van der Waals surface area contributed by atoms with Crippen LogP contribution in [0.5, 0.6) is 5.75 Å². The second-order valence-corrected chi connectivity index (χ2v) is 17.0. The molecule has 7 aliphatic heterocycles. The highest BCUT2D eigenvalue weighted by molar-refractivity contribution is 5.94. The van der Waals surface area contributed by atoms with Crippen molar-refractivity contribution in [2.24, 2.45) is 43.7 Å². The van der Waals surface area contributed by atoms with E-state index in [1.165, 1.54) is 44.3 Å². The first kappa shape index (κ1) is 30.1. The first-order chi connectivity index (χ1) is 24.1. The smallest absolute Gasteiger partial charge is 0.211 e. The molecule has 3 saturated heterocycles. The van der Waals surface area contributed by atoms with Crippen molar-refractivity contribution in [2.75, 3.05) is 27.3 Å². The van der Waals surface area contributed by atoms with Crippen LogP contribution in [0.25, 0.3) is 21.8 Å². The molecule has 0 N–H and O–H groups in total. The van der Waals surface area contributed by atoms with E-state index < -0.39 is 5.79 Å². The summed E-state index contributed by atoms with van der Waals surface area (Å²) in [4.78, 5) is 17.9. The van der Waals surface area contributed by atoms with Crippen LogP contribution >= 0.6 is 0 Å². The van der Waals surface area contributed by atoms with Crippen molar-refractivity contribution in [1.82, 2.24) is 18.9 Å². The number of allylic oxidation sites excluding steroid dienone is 1. The molecule has 260 valence electrons. The number of para-hydroxylation sites is 1. The van der Waals surface area contributed by atoms with E-state index in [0.29, 0.717) is 48.4 Å². The van der Waals surface area contributed by atoms with Crippen molar-refractivity contribution in [3.63, 3.8) is 0 Å². The molecule has 4 aromatic rings. The van der Waals surface area contributed by atoms with Crippen LogP contribution in [0.3, 0.4) is 0 Å². The molecular formula is C42H48N4O4. The molecule has 11 rings (SSSR count). The summed E-state index contributed by atoms with van der Waals surface area (Å²) in [5, 5.41) is 2.80. The van der Waals surface area contributed by atoms with Gasteiger partial charge in [-0.2, -0.15) is 0 Å². The van der Waals surface area contributed by atoms with Crippen LogP contribution in [-0.2, 0) is 47.6 Å². The number of Topliss-reactive ketones (excluding diaryl/α,β-unsaturated/α-hetero) is 1. The molecule has 8 nitrogen and oxygen atoms in total. The fourth-order valence-electron chi connectivity index (χ4n) is 12.7. The van der Waals surface area contributed by atoms with Gasteiger partial charge in [-0.3, -0.25) is 14.6 Å². The lowest BCUT2D eigenvalue weighted by Crippen LogP contribution is -2.64. The Kier molecular flexibility index (Phi) is 6.04. The van der Waals surface area contributed by atoms with Gasteiger partial charge in [-0.1, -0.05) is 18.2 Å². The Morgan fingerprint density at radius 3 is 2.28 bits per heavy atom. The average molecular weight is 673 g/mol. The monoisotopic (exact) mass is 672 g/mol. The maximum absolute atomic E-state index is 12.7. The van der Waals surface area contributed by atoms with Gasteiger partial charge in [0.15, 0.2) is 5.78 Å². The summed E-state index contributed by atoms with van der Waals surface area (Å²) in [7, 11) is 9.14. The third-order valence-electron chi connectivity index (χ3n) is 15.1. The minimum atomic E-state index is -0.638. The number of benzene rings is 2. The van der Waals surface area contributed by atoms with E-state index >= 15 is 0 Å². The van der Waals surface area contributed by atoms with Crippen molar-refractivity contribution in [3.8, 4) is 5.75 Å². The fraction of sp³-hybridized carbons (Fsp3) is 0.548. The van der Waals surface area contributed by atoms with Crippen molar-refractivity contribution >= 4 is 27.6 Å². The summed E-state index contributed by atoms with van der Waals surface area (Å²) in [5.41, 5.74) is 10.8. The lowest BCUT2D eigenvalue weighted by atomic mass is 9.62. The van der Waals surface area contributed by atoms with Crippen LogP contribution in [0.4, 0.5) is 0 Å². The fourth-order valence-corrected chi connectivity index (χ4v) is 12.7. The second-order valence-electron chi connectivity index (χ2n) is 17.0. The number of hydrogen-bond acceptors (Lipinski definition) is 6. The van der Waals surface area contributed by atoms with Crippen molar-refractivity contribution < 1.29 is 19.0 Å².